The molecule has 1 amide bonds. The molecule has 2 aromatic carbocycles. The molecule has 30 heavy (non-hydrogen) atoms. The summed E-state index contributed by atoms with van der Waals surface area (Å²) in [6, 6.07) is 14.7. The second-order valence-electron chi connectivity index (χ2n) is 7.85. The number of para-hydroxylation sites is 1. The van der Waals surface area contributed by atoms with Gasteiger partial charge in [0.05, 0.1) is 18.5 Å². The van der Waals surface area contributed by atoms with E-state index in [-0.39, 0.29) is 12.5 Å². The van der Waals surface area contributed by atoms with Crippen LogP contribution in [0.5, 0.6) is 0 Å². The third-order valence-corrected chi connectivity index (χ3v) is 7.48. The molecule has 0 aromatic heterocycles. The maximum absolute atomic E-state index is 12.5. The number of hydrogen-bond donors (Lipinski definition) is 1. The molecule has 0 spiro atoms. The molecule has 0 aliphatic heterocycles. The maximum atomic E-state index is 12.5. The molecule has 0 saturated heterocycles. The molecular formula is C23H30N2O3S2. The van der Waals surface area contributed by atoms with E-state index in [0.717, 1.165) is 17.0 Å². The summed E-state index contributed by atoms with van der Waals surface area (Å²) in [5.74, 6) is 0.515. The second kappa shape index (κ2) is 10.4. The van der Waals surface area contributed by atoms with Gasteiger partial charge < -0.3 is 5.32 Å². The Morgan fingerprint density at radius 1 is 1.07 bits per heavy atom. The Bertz CT molecular complexity index is 953. The fraction of sp³-hybridized carbons (Fsp3) is 0.435. The topological polar surface area (TPSA) is 66.5 Å². The Balaban J connectivity index is 1.69. The number of amides is 1. The Labute approximate surface area is 184 Å². The lowest BCUT2D eigenvalue weighted by Crippen LogP contribution is -2.30. The highest BCUT2D eigenvalue weighted by Crippen LogP contribution is 2.31. The van der Waals surface area contributed by atoms with Crippen LogP contribution in [0.1, 0.15) is 48.0 Å². The molecule has 1 aliphatic carbocycles. The van der Waals surface area contributed by atoms with Crippen molar-refractivity contribution in [1.29, 1.82) is 0 Å². The SMILES string of the molecule is CSc1ccccc1N(Cc1ccc(C(=O)NCC2CCCCC2)cc1)S(C)(=O)=O. The smallest absolute Gasteiger partial charge is 0.251 e. The summed E-state index contributed by atoms with van der Waals surface area (Å²) in [5, 5.41) is 3.05. The number of carbonyl (C=O) groups is 1. The van der Waals surface area contributed by atoms with Crippen LogP contribution in [0.4, 0.5) is 5.69 Å². The van der Waals surface area contributed by atoms with Crippen LogP contribution in [0.2, 0.25) is 0 Å². The first-order chi connectivity index (χ1) is 14.4. The lowest BCUT2D eigenvalue weighted by atomic mass is 9.89. The number of hydrogen-bond acceptors (Lipinski definition) is 4. The number of carbonyl (C=O) groups excluding carboxylic acids is 1. The number of nitrogens with zero attached hydrogens (tertiary/aromatic N) is 1. The van der Waals surface area contributed by atoms with Crippen LogP contribution in [-0.4, -0.2) is 33.4 Å². The Hall–Kier alpha value is -1.99. The van der Waals surface area contributed by atoms with E-state index in [1.54, 1.807) is 12.1 Å². The van der Waals surface area contributed by atoms with Crippen molar-refractivity contribution in [2.75, 3.05) is 23.4 Å². The highest BCUT2D eigenvalue weighted by Gasteiger charge is 2.21. The summed E-state index contributed by atoms with van der Waals surface area (Å²) < 4.78 is 26.3. The number of rotatable bonds is 8. The van der Waals surface area contributed by atoms with E-state index < -0.39 is 10.0 Å². The molecule has 7 heteroatoms. The van der Waals surface area contributed by atoms with E-state index in [9.17, 15) is 13.2 Å². The van der Waals surface area contributed by atoms with Crippen LogP contribution in [0.15, 0.2) is 53.4 Å². The van der Waals surface area contributed by atoms with Gasteiger partial charge in [-0.25, -0.2) is 8.42 Å². The average molecular weight is 447 g/mol. The summed E-state index contributed by atoms with van der Waals surface area (Å²) in [4.78, 5) is 13.4. The van der Waals surface area contributed by atoms with Gasteiger partial charge in [0, 0.05) is 17.0 Å². The fourth-order valence-corrected chi connectivity index (χ4v) is 5.43. The first-order valence-electron chi connectivity index (χ1n) is 10.4. The molecule has 2 aromatic rings. The van der Waals surface area contributed by atoms with Crippen LogP contribution in [0.3, 0.4) is 0 Å². The molecule has 1 saturated carbocycles. The zero-order valence-corrected chi connectivity index (χ0v) is 19.3. The van der Waals surface area contributed by atoms with Gasteiger partial charge in [-0.05, 0) is 54.8 Å². The summed E-state index contributed by atoms with van der Waals surface area (Å²) >= 11 is 1.51. The minimum Gasteiger partial charge on any atom is -0.352 e. The Morgan fingerprint density at radius 3 is 2.37 bits per heavy atom. The molecule has 0 heterocycles. The summed E-state index contributed by atoms with van der Waals surface area (Å²) in [6.07, 6.45) is 9.35. The van der Waals surface area contributed by atoms with E-state index >= 15 is 0 Å². The van der Waals surface area contributed by atoms with Gasteiger partial charge in [-0.2, -0.15) is 0 Å². The molecule has 3 rings (SSSR count). The van der Waals surface area contributed by atoms with E-state index in [2.05, 4.69) is 5.32 Å². The molecule has 162 valence electrons. The number of anilines is 1. The summed E-state index contributed by atoms with van der Waals surface area (Å²) in [5.41, 5.74) is 2.10. The van der Waals surface area contributed by atoms with Crippen LogP contribution >= 0.6 is 11.8 Å². The monoisotopic (exact) mass is 446 g/mol. The van der Waals surface area contributed by atoms with Crippen LogP contribution in [0.25, 0.3) is 0 Å². The summed E-state index contributed by atoms with van der Waals surface area (Å²) in [7, 11) is -3.46. The van der Waals surface area contributed by atoms with Crippen molar-refractivity contribution in [1.82, 2.24) is 5.32 Å². The zero-order chi connectivity index (χ0) is 21.6. The van der Waals surface area contributed by atoms with Crippen molar-refractivity contribution in [3.05, 3.63) is 59.7 Å². The van der Waals surface area contributed by atoms with Gasteiger partial charge in [0.15, 0.2) is 0 Å². The van der Waals surface area contributed by atoms with E-state index in [0.29, 0.717) is 17.2 Å². The van der Waals surface area contributed by atoms with Crippen molar-refractivity contribution in [2.45, 2.75) is 43.5 Å². The largest absolute Gasteiger partial charge is 0.352 e. The third kappa shape index (κ3) is 6.01. The third-order valence-electron chi connectivity index (χ3n) is 5.57. The highest BCUT2D eigenvalue weighted by molar-refractivity contribution is 7.99. The van der Waals surface area contributed by atoms with Crippen molar-refractivity contribution < 1.29 is 13.2 Å². The van der Waals surface area contributed by atoms with Crippen LogP contribution < -0.4 is 9.62 Å². The molecule has 1 aliphatic rings. The van der Waals surface area contributed by atoms with E-state index in [1.165, 1.54) is 54.4 Å². The standard InChI is InChI=1S/C23H30N2O3S2/c1-29-22-11-7-6-10-21(22)25(30(2,27)28)17-19-12-14-20(15-13-19)23(26)24-16-18-8-4-3-5-9-18/h6-7,10-15,18H,3-5,8-9,16-17H2,1-2H3,(H,24,26). The van der Waals surface area contributed by atoms with Crippen molar-refractivity contribution in [3.63, 3.8) is 0 Å². The fourth-order valence-electron chi connectivity index (χ4n) is 3.87. The normalized spacial score (nSPS) is 15.0. The second-order valence-corrected chi connectivity index (χ2v) is 10.6. The van der Waals surface area contributed by atoms with Gasteiger partial charge >= 0.3 is 0 Å². The van der Waals surface area contributed by atoms with Crippen LogP contribution in [0, 0.1) is 5.92 Å². The molecule has 0 bridgehead atoms. The van der Waals surface area contributed by atoms with Crippen molar-refractivity contribution >= 4 is 33.4 Å². The first kappa shape index (κ1) is 22.7. The number of nitrogens with one attached hydrogen (secondary N) is 1. The van der Waals surface area contributed by atoms with Crippen molar-refractivity contribution in [3.8, 4) is 0 Å². The number of thioether (sulfide) groups is 1. The predicted molar refractivity (Wildman–Crippen MR) is 125 cm³/mol. The molecular weight excluding hydrogens is 416 g/mol. The lowest BCUT2D eigenvalue weighted by Gasteiger charge is -2.24. The minimum atomic E-state index is -3.46. The van der Waals surface area contributed by atoms with Crippen LogP contribution in [-0.2, 0) is 16.6 Å². The number of sulfonamides is 1. The van der Waals surface area contributed by atoms with E-state index in [4.69, 9.17) is 0 Å². The Morgan fingerprint density at radius 2 is 1.73 bits per heavy atom. The van der Waals surface area contributed by atoms with Gasteiger partial charge in [0.2, 0.25) is 10.0 Å². The van der Waals surface area contributed by atoms with Crippen molar-refractivity contribution in [2.24, 2.45) is 5.92 Å². The molecule has 0 radical (unpaired) electrons. The average Bonchev–Trinajstić information content (AvgIpc) is 2.76. The van der Waals surface area contributed by atoms with Gasteiger partial charge in [0.25, 0.3) is 5.91 Å². The first-order valence-corrected chi connectivity index (χ1v) is 13.4. The summed E-state index contributed by atoms with van der Waals surface area (Å²) in [6.45, 7) is 0.953. The molecule has 0 unspecified atom stereocenters. The quantitative estimate of drug-likeness (QED) is 0.598. The predicted octanol–water partition coefficient (Wildman–Crippen LogP) is 4.68. The zero-order valence-electron chi connectivity index (χ0n) is 17.6. The highest BCUT2D eigenvalue weighted by atomic mass is 32.2. The molecule has 5 nitrogen and oxygen atoms in total. The molecule has 1 N–H and O–H groups in total. The van der Waals surface area contributed by atoms with E-state index in [1.807, 2.05) is 42.7 Å². The molecule has 0 atom stereocenters. The van der Waals surface area contributed by atoms with Gasteiger partial charge in [-0.1, -0.05) is 43.5 Å². The lowest BCUT2D eigenvalue weighted by molar-refractivity contribution is 0.0943. The maximum Gasteiger partial charge on any atom is 0.251 e. The van der Waals surface area contributed by atoms with Gasteiger partial charge in [-0.15, -0.1) is 11.8 Å². The Kier molecular flexibility index (Phi) is 7.83. The molecule has 1 fully saturated rings. The van der Waals surface area contributed by atoms with Gasteiger partial charge in [0.1, 0.15) is 0 Å². The van der Waals surface area contributed by atoms with Gasteiger partial charge in [-0.3, -0.25) is 9.10 Å². The minimum absolute atomic E-state index is 0.0696. The number of benzene rings is 2.